The van der Waals surface area contributed by atoms with E-state index in [1.165, 1.54) is 19.3 Å². The van der Waals surface area contributed by atoms with Gasteiger partial charge in [0, 0.05) is 13.1 Å². The van der Waals surface area contributed by atoms with Crippen molar-refractivity contribution in [2.75, 3.05) is 24.5 Å². The van der Waals surface area contributed by atoms with Gasteiger partial charge in [-0.3, -0.25) is 0 Å². The summed E-state index contributed by atoms with van der Waals surface area (Å²) in [5.74, 6) is 0.636. The van der Waals surface area contributed by atoms with E-state index >= 15 is 0 Å². The van der Waals surface area contributed by atoms with Gasteiger partial charge in [-0.25, -0.2) is 4.39 Å². The molecule has 0 amide bonds. The average Bonchev–Trinajstić information content (AvgIpc) is 2.30. The molecule has 1 aliphatic rings. The lowest BCUT2D eigenvalue weighted by Gasteiger charge is -2.34. The van der Waals surface area contributed by atoms with Crippen LogP contribution in [0.25, 0.3) is 0 Å². The summed E-state index contributed by atoms with van der Waals surface area (Å²) in [7, 11) is 0. The zero-order chi connectivity index (χ0) is 13.0. The summed E-state index contributed by atoms with van der Waals surface area (Å²) in [6.45, 7) is 4.50. The quantitative estimate of drug-likeness (QED) is 0.841. The van der Waals surface area contributed by atoms with Crippen molar-refractivity contribution in [2.24, 2.45) is 11.7 Å². The van der Waals surface area contributed by atoms with Gasteiger partial charge in [0.2, 0.25) is 0 Å². The molecule has 0 heterocycles. The molecule has 0 radical (unpaired) electrons. The highest BCUT2D eigenvalue weighted by Crippen LogP contribution is 2.31. The highest BCUT2D eigenvalue weighted by atomic mass is 19.1. The zero-order valence-corrected chi connectivity index (χ0v) is 11.2. The van der Waals surface area contributed by atoms with Crippen molar-refractivity contribution in [1.82, 2.24) is 0 Å². The summed E-state index contributed by atoms with van der Waals surface area (Å²) in [6, 6.07) is 5.33. The van der Waals surface area contributed by atoms with Crippen LogP contribution in [0, 0.1) is 11.7 Å². The number of hydrogen-bond acceptors (Lipinski definition) is 2. The molecule has 0 atom stereocenters. The van der Waals surface area contributed by atoms with Gasteiger partial charge in [-0.05, 0) is 50.3 Å². The van der Waals surface area contributed by atoms with E-state index in [1.807, 2.05) is 6.07 Å². The van der Waals surface area contributed by atoms with Crippen molar-refractivity contribution in [3.8, 4) is 0 Å². The van der Waals surface area contributed by atoms with Crippen molar-refractivity contribution in [2.45, 2.75) is 32.6 Å². The highest BCUT2D eigenvalue weighted by Gasteiger charge is 2.22. The van der Waals surface area contributed by atoms with E-state index in [4.69, 9.17) is 5.73 Å². The van der Waals surface area contributed by atoms with Crippen LogP contribution in [0.15, 0.2) is 18.2 Å². The fraction of sp³-hybridized carbons (Fsp3) is 0.600. The lowest BCUT2D eigenvalue weighted by molar-refractivity contribution is 0.317. The number of anilines is 1. The molecule has 1 saturated carbocycles. The Hall–Kier alpha value is -1.09. The van der Waals surface area contributed by atoms with E-state index in [-0.39, 0.29) is 5.82 Å². The molecular weight excluding hydrogens is 227 g/mol. The van der Waals surface area contributed by atoms with Crippen LogP contribution in [-0.4, -0.2) is 19.6 Å². The minimum Gasteiger partial charge on any atom is -0.369 e. The maximum absolute atomic E-state index is 14.1. The summed E-state index contributed by atoms with van der Waals surface area (Å²) in [5, 5.41) is 0. The predicted octanol–water partition coefficient (Wildman–Crippen LogP) is 2.95. The Morgan fingerprint density at radius 1 is 1.39 bits per heavy atom. The van der Waals surface area contributed by atoms with Crippen LogP contribution in [-0.2, 0) is 6.42 Å². The monoisotopic (exact) mass is 250 g/mol. The van der Waals surface area contributed by atoms with Crippen molar-refractivity contribution in [1.29, 1.82) is 0 Å². The molecule has 0 bridgehead atoms. The Morgan fingerprint density at radius 3 is 2.72 bits per heavy atom. The normalized spacial score (nSPS) is 15.5. The molecule has 0 spiro atoms. The van der Waals surface area contributed by atoms with E-state index < -0.39 is 0 Å². The Bertz CT molecular complexity index is 388. The molecule has 2 nitrogen and oxygen atoms in total. The van der Waals surface area contributed by atoms with Crippen molar-refractivity contribution in [3.63, 3.8) is 0 Å². The molecule has 18 heavy (non-hydrogen) atoms. The molecule has 0 aliphatic heterocycles. The van der Waals surface area contributed by atoms with Crippen LogP contribution < -0.4 is 10.6 Å². The first-order valence-corrected chi connectivity index (χ1v) is 6.98. The fourth-order valence-corrected chi connectivity index (χ4v) is 2.64. The van der Waals surface area contributed by atoms with E-state index in [9.17, 15) is 4.39 Å². The van der Waals surface area contributed by atoms with Crippen molar-refractivity contribution in [3.05, 3.63) is 29.6 Å². The zero-order valence-electron chi connectivity index (χ0n) is 11.2. The van der Waals surface area contributed by atoms with E-state index in [0.29, 0.717) is 6.54 Å². The summed E-state index contributed by atoms with van der Waals surface area (Å²) < 4.78 is 14.1. The minimum absolute atomic E-state index is 0.109. The Labute approximate surface area is 109 Å². The first-order chi connectivity index (χ1) is 8.76. The summed E-state index contributed by atoms with van der Waals surface area (Å²) in [5.41, 5.74) is 7.43. The van der Waals surface area contributed by atoms with Crippen LogP contribution >= 0.6 is 0 Å². The molecule has 2 rings (SSSR count). The Kier molecular flexibility index (Phi) is 4.59. The van der Waals surface area contributed by atoms with Crippen LogP contribution in [0.1, 0.15) is 31.7 Å². The predicted molar refractivity (Wildman–Crippen MR) is 74.4 cm³/mol. The van der Waals surface area contributed by atoms with Gasteiger partial charge in [0.25, 0.3) is 0 Å². The summed E-state index contributed by atoms with van der Waals surface area (Å²) in [6.07, 6.45) is 4.65. The standard InChI is InChI=1S/C15H23FN2/c1-2-18(11-12-5-3-6-12)15-13(9-10-17)7-4-8-14(15)16/h4,7-8,12H,2-3,5-6,9-11,17H2,1H3. The number of rotatable bonds is 6. The van der Waals surface area contributed by atoms with E-state index in [0.717, 1.165) is 36.7 Å². The molecule has 1 fully saturated rings. The lowest BCUT2D eigenvalue weighted by Crippen LogP contribution is -2.33. The second-order valence-corrected chi connectivity index (χ2v) is 5.12. The second kappa shape index (κ2) is 6.19. The van der Waals surface area contributed by atoms with Crippen LogP contribution in [0.4, 0.5) is 10.1 Å². The number of halogens is 1. The average molecular weight is 250 g/mol. The van der Waals surface area contributed by atoms with Crippen molar-refractivity contribution < 1.29 is 4.39 Å². The molecular formula is C15H23FN2. The maximum atomic E-state index is 14.1. The van der Waals surface area contributed by atoms with Gasteiger partial charge in [-0.15, -0.1) is 0 Å². The molecule has 1 aromatic carbocycles. The van der Waals surface area contributed by atoms with Gasteiger partial charge < -0.3 is 10.6 Å². The number of nitrogens with two attached hydrogens (primary N) is 1. The molecule has 100 valence electrons. The number of benzene rings is 1. The summed E-state index contributed by atoms with van der Waals surface area (Å²) in [4.78, 5) is 2.18. The third-order valence-electron chi connectivity index (χ3n) is 3.89. The first-order valence-electron chi connectivity index (χ1n) is 6.98. The number of nitrogens with zero attached hydrogens (tertiary/aromatic N) is 1. The number of hydrogen-bond donors (Lipinski definition) is 1. The molecule has 1 aliphatic carbocycles. The molecule has 2 N–H and O–H groups in total. The fourth-order valence-electron chi connectivity index (χ4n) is 2.64. The van der Waals surface area contributed by atoms with Gasteiger partial charge in [0.1, 0.15) is 5.82 Å². The van der Waals surface area contributed by atoms with Crippen LogP contribution in [0.5, 0.6) is 0 Å². The number of para-hydroxylation sites is 1. The van der Waals surface area contributed by atoms with E-state index in [1.54, 1.807) is 12.1 Å². The van der Waals surface area contributed by atoms with Crippen molar-refractivity contribution >= 4 is 5.69 Å². The topological polar surface area (TPSA) is 29.3 Å². The molecule has 1 aromatic rings. The maximum Gasteiger partial charge on any atom is 0.146 e. The SMILES string of the molecule is CCN(CC1CCC1)c1c(F)cccc1CCN. The molecule has 0 unspecified atom stereocenters. The first kappa shape index (κ1) is 13.3. The third kappa shape index (κ3) is 2.83. The van der Waals surface area contributed by atoms with Crippen LogP contribution in [0.3, 0.4) is 0 Å². The van der Waals surface area contributed by atoms with E-state index in [2.05, 4.69) is 11.8 Å². The lowest BCUT2D eigenvalue weighted by atomic mass is 9.85. The van der Waals surface area contributed by atoms with Gasteiger partial charge in [0.05, 0.1) is 5.69 Å². The minimum atomic E-state index is -0.109. The van der Waals surface area contributed by atoms with Crippen LogP contribution in [0.2, 0.25) is 0 Å². The Morgan fingerprint density at radius 2 is 2.17 bits per heavy atom. The molecule has 0 aromatic heterocycles. The molecule has 3 heteroatoms. The Balaban J connectivity index is 2.21. The van der Waals surface area contributed by atoms with Gasteiger partial charge >= 0.3 is 0 Å². The summed E-state index contributed by atoms with van der Waals surface area (Å²) >= 11 is 0. The third-order valence-corrected chi connectivity index (χ3v) is 3.89. The highest BCUT2D eigenvalue weighted by molar-refractivity contribution is 5.55. The smallest absolute Gasteiger partial charge is 0.146 e. The van der Waals surface area contributed by atoms with Gasteiger partial charge in [-0.2, -0.15) is 0 Å². The largest absolute Gasteiger partial charge is 0.369 e. The second-order valence-electron chi connectivity index (χ2n) is 5.12. The van der Waals surface area contributed by atoms with Gasteiger partial charge in [0.15, 0.2) is 0 Å². The molecule has 0 saturated heterocycles. The van der Waals surface area contributed by atoms with Gasteiger partial charge in [-0.1, -0.05) is 18.6 Å².